The molecule has 4 N–H and O–H groups in total. The van der Waals surface area contributed by atoms with Gasteiger partial charge < -0.3 is 30.7 Å². The number of ether oxygens (including phenoxy) is 2. The van der Waals surface area contributed by atoms with Crippen LogP contribution in [0.15, 0.2) is 231 Å². The predicted octanol–water partition coefficient (Wildman–Crippen LogP) is 14.9. The zero-order valence-corrected chi connectivity index (χ0v) is 35.5. The molecular weight excluding hydrogens is 817 g/mol. The van der Waals surface area contributed by atoms with Gasteiger partial charge in [-0.05, 0) is 121 Å². The number of rotatable bonds is 14. The molecule has 0 spiro atoms. The maximum atomic E-state index is 6.36. The molecule has 318 valence electrons. The molecule has 2 heterocycles. The Labute approximate surface area is 381 Å². The first kappa shape index (κ1) is 39.6. The molecule has 0 aliphatic carbocycles. The van der Waals surface area contributed by atoms with Crippen LogP contribution < -0.4 is 30.7 Å². The number of anilines is 8. The fourth-order valence-corrected chi connectivity index (χ4v) is 7.93. The number of para-hydroxylation sites is 8. The third-order valence-electron chi connectivity index (χ3n) is 11.1. The molecule has 0 bridgehead atoms. The van der Waals surface area contributed by atoms with Gasteiger partial charge in [0.1, 0.15) is 35.7 Å². The molecule has 11 aromatic rings. The van der Waals surface area contributed by atoms with Crippen LogP contribution in [0, 0.1) is 0 Å². The van der Waals surface area contributed by atoms with Crippen molar-refractivity contribution in [2.45, 2.75) is 0 Å². The highest BCUT2D eigenvalue weighted by molar-refractivity contribution is 5.82. The van der Waals surface area contributed by atoms with Crippen LogP contribution in [0.4, 0.5) is 45.5 Å². The van der Waals surface area contributed by atoms with Crippen LogP contribution >= 0.6 is 0 Å². The minimum absolute atomic E-state index is 0.721. The fourth-order valence-electron chi connectivity index (χ4n) is 7.93. The summed E-state index contributed by atoms with van der Waals surface area (Å²) in [6.07, 6.45) is 3.68. The number of fused-ring (bicyclic) bond motifs is 2. The molecule has 10 heteroatoms. The van der Waals surface area contributed by atoms with Gasteiger partial charge in [0, 0.05) is 47.0 Å². The summed E-state index contributed by atoms with van der Waals surface area (Å²) in [4.78, 5) is 9.10. The van der Waals surface area contributed by atoms with Crippen LogP contribution in [0.5, 0.6) is 23.0 Å². The average Bonchev–Trinajstić information content (AvgIpc) is 3.99. The quantitative estimate of drug-likeness (QED) is 0.0858. The highest BCUT2D eigenvalue weighted by Crippen LogP contribution is 2.35. The van der Waals surface area contributed by atoms with Crippen molar-refractivity contribution in [1.29, 1.82) is 0 Å². The highest BCUT2D eigenvalue weighted by atomic mass is 16.5. The van der Waals surface area contributed by atoms with Gasteiger partial charge in [0.15, 0.2) is 0 Å². The van der Waals surface area contributed by atoms with Crippen LogP contribution in [0.1, 0.15) is 0 Å². The monoisotopic (exact) mass is 858 g/mol. The standard InChI is InChI=1S/C56H42N8O2/c1-3-23-51(61-41-13-9-17-45(33-41)65-47-19-11-15-43(35-47)63-37-57-53-25-5-7-27-55(53)63)49(21-1)59-39-29-31-40(32-30-39)60-50-22-2-4-24-52(50)62-42-14-10-18-46(34-42)66-48-20-12-16-44(36-48)64-38-58-54-26-6-8-28-56(54)64/h1-38,59-62H. The van der Waals surface area contributed by atoms with Crippen molar-refractivity contribution in [3.63, 3.8) is 0 Å². The minimum atomic E-state index is 0.721. The number of aromatic nitrogens is 4. The van der Waals surface area contributed by atoms with Gasteiger partial charge in [0.05, 0.1) is 56.2 Å². The molecule has 10 nitrogen and oxygen atoms in total. The van der Waals surface area contributed by atoms with Gasteiger partial charge in [-0.3, -0.25) is 9.13 Å². The lowest BCUT2D eigenvalue weighted by Gasteiger charge is -2.16. The Hall–Kier alpha value is -9.28. The second-order valence-electron chi connectivity index (χ2n) is 15.6. The summed E-state index contributed by atoms with van der Waals surface area (Å²) in [6, 6.07) is 72.7. The molecule has 0 atom stereocenters. The summed E-state index contributed by atoms with van der Waals surface area (Å²) in [7, 11) is 0. The van der Waals surface area contributed by atoms with E-state index in [0.29, 0.717) is 0 Å². The van der Waals surface area contributed by atoms with Gasteiger partial charge in [-0.25, -0.2) is 9.97 Å². The average molecular weight is 859 g/mol. The summed E-state index contributed by atoms with van der Waals surface area (Å²) in [6.45, 7) is 0. The van der Waals surface area contributed by atoms with Crippen molar-refractivity contribution in [1.82, 2.24) is 19.1 Å². The van der Waals surface area contributed by atoms with E-state index in [2.05, 4.69) is 113 Å². The van der Waals surface area contributed by atoms with Crippen LogP contribution in [0.2, 0.25) is 0 Å². The minimum Gasteiger partial charge on any atom is -0.457 e. The Bertz CT molecular complexity index is 3240. The van der Waals surface area contributed by atoms with Crippen molar-refractivity contribution in [2.75, 3.05) is 21.3 Å². The third kappa shape index (κ3) is 8.70. The number of hydrogen-bond acceptors (Lipinski definition) is 8. The highest BCUT2D eigenvalue weighted by Gasteiger charge is 2.11. The van der Waals surface area contributed by atoms with Crippen molar-refractivity contribution in [2.24, 2.45) is 0 Å². The smallest absolute Gasteiger partial charge is 0.129 e. The molecule has 0 saturated carbocycles. The lowest BCUT2D eigenvalue weighted by Crippen LogP contribution is -1.99. The molecule has 0 aliphatic heterocycles. The SMILES string of the molecule is c1cc(Nc2ccccc2Nc2ccc(Nc3ccccc3Nc3cccc(Oc4cccc(-n5cnc6ccccc65)c4)c3)cc2)cc(Oc2cccc(-n3cnc4ccccc43)c2)c1. The Morgan fingerprint density at radius 2 is 0.652 bits per heavy atom. The third-order valence-corrected chi connectivity index (χ3v) is 11.1. The summed E-state index contributed by atoms with van der Waals surface area (Å²) >= 11 is 0. The van der Waals surface area contributed by atoms with E-state index in [4.69, 9.17) is 9.47 Å². The van der Waals surface area contributed by atoms with E-state index in [1.165, 1.54) is 0 Å². The first-order chi connectivity index (χ1) is 32.6. The topological polar surface area (TPSA) is 102 Å². The molecule has 0 radical (unpaired) electrons. The van der Waals surface area contributed by atoms with Crippen molar-refractivity contribution < 1.29 is 9.47 Å². The van der Waals surface area contributed by atoms with E-state index in [9.17, 15) is 0 Å². The van der Waals surface area contributed by atoms with E-state index in [1.54, 1.807) is 0 Å². The molecule has 0 amide bonds. The van der Waals surface area contributed by atoms with E-state index in [0.717, 1.165) is 102 Å². The normalized spacial score (nSPS) is 11.0. The molecule has 2 aromatic heterocycles. The first-order valence-corrected chi connectivity index (χ1v) is 21.6. The molecule has 0 aliphatic rings. The van der Waals surface area contributed by atoms with Gasteiger partial charge >= 0.3 is 0 Å². The maximum absolute atomic E-state index is 6.36. The number of hydrogen-bond donors (Lipinski definition) is 4. The summed E-state index contributed by atoms with van der Waals surface area (Å²) < 4.78 is 16.9. The van der Waals surface area contributed by atoms with Crippen molar-refractivity contribution in [3.05, 3.63) is 231 Å². The van der Waals surface area contributed by atoms with Gasteiger partial charge in [-0.15, -0.1) is 0 Å². The van der Waals surface area contributed by atoms with E-state index < -0.39 is 0 Å². The van der Waals surface area contributed by atoms with E-state index in [-0.39, 0.29) is 0 Å². The lowest BCUT2D eigenvalue weighted by atomic mass is 10.2. The van der Waals surface area contributed by atoms with Gasteiger partial charge in [0.2, 0.25) is 0 Å². The Kier molecular flexibility index (Phi) is 10.7. The van der Waals surface area contributed by atoms with Gasteiger partial charge in [-0.1, -0.05) is 72.8 Å². The van der Waals surface area contributed by atoms with E-state index in [1.807, 2.05) is 158 Å². The van der Waals surface area contributed by atoms with Gasteiger partial charge in [-0.2, -0.15) is 0 Å². The van der Waals surface area contributed by atoms with Crippen LogP contribution in [-0.4, -0.2) is 19.1 Å². The molecule has 0 saturated heterocycles. The molecular formula is C56H42N8O2. The predicted molar refractivity (Wildman–Crippen MR) is 268 cm³/mol. The van der Waals surface area contributed by atoms with Crippen LogP contribution in [0.3, 0.4) is 0 Å². The zero-order valence-electron chi connectivity index (χ0n) is 35.5. The largest absolute Gasteiger partial charge is 0.457 e. The lowest BCUT2D eigenvalue weighted by molar-refractivity contribution is 0.482. The number of nitrogens with zero attached hydrogens (tertiary/aromatic N) is 4. The number of benzene rings is 9. The molecule has 66 heavy (non-hydrogen) atoms. The summed E-state index contributed by atoms with van der Waals surface area (Å²) in [5, 5.41) is 14.4. The van der Waals surface area contributed by atoms with Crippen molar-refractivity contribution >= 4 is 67.6 Å². The molecule has 0 fully saturated rings. The van der Waals surface area contributed by atoms with Gasteiger partial charge in [0.25, 0.3) is 0 Å². The second kappa shape index (κ2) is 17.8. The Morgan fingerprint density at radius 3 is 1.08 bits per heavy atom. The summed E-state index contributed by atoms with van der Waals surface area (Å²) in [5.41, 5.74) is 13.4. The first-order valence-electron chi connectivity index (χ1n) is 21.6. The molecule has 9 aromatic carbocycles. The molecule has 11 rings (SSSR count). The number of imidazole rings is 2. The van der Waals surface area contributed by atoms with E-state index >= 15 is 0 Å². The Balaban J connectivity index is 0.733. The second-order valence-corrected chi connectivity index (χ2v) is 15.6. The van der Waals surface area contributed by atoms with Crippen molar-refractivity contribution in [3.8, 4) is 34.4 Å². The van der Waals surface area contributed by atoms with Crippen LogP contribution in [0.25, 0.3) is 33.4 Å². The molecule has 0 unspecified atom stereocenters. The fraction of sp³-hybridized carbons (Fsp3) is 0. The zero-order chi connectivity index (χ0) is 44.1. The summed E-state index contributed by atoms with van der Waals surface area (Å²) in [5.74, 6) is 2.91. The Morgan fingerprint density at radius 1 is 0.303 bits per heavy atom. The van der Waals surface area contributed by atoms with Crippen LogP contribution in [-0.2, 0) is 0 Å². The maximum Gasteiger partial charge on any atom is 0.129 e. The number of nitrogens with one attached hydrogen (secondary N) is 4.